The van der Waals surface area contributed by atoms with Crippen molar-refractivity contribution in [1.82, 2.24) is 14.5 Å². The number of carbonyl (C=O) groups excluding carboxylic acids is 1. The molecule has 0 atom stereocenters. The van der Waals surface area contributed by atoms with Crippen molar-refractivity contribution in [3.05, 3.63) is 56.7 Å². The predicted molar refractivity (Wildman–Crippen MR) is 122 cm³/mol. The molecule has 1 amide bonds. The van der Waals surface area contributed by atoms with Crippen molar-refractivity contribution in [2.24, 2.45) is 5.92 Å². The monoisotopic (exact) mass is 442 g/mol. The molecular weight excluding hydrogens is 412 g/mol. The van der Waals surface area contributed by atoms with Gasteiger partial charge in [-0.1, -0.05) is 44.2 Å². The molecule has 0 aliphatic heterocycles. The fourth-order valence-electron chi connectivity index (χ4n) is 3.31. The maximum absolute atomic E-state index is 13.3. The number of nitrogens with zero attached hydrogens (tertiary/aromatic N) is 4. The quantitative estimate of drug-likeness (QED) is 0.491. The fourth-order valence-corrected chi connectivity index (χ4v) is 3.31. The van der Waals surface area contributed by atoms with Gasteiger partial charge in [0.05, 0.1) is 25.8 Å². The molecule has 0 aliphatic rings. The minimum absolute atomic E-state index is 0.0252. The molecule has 10 heteroatoms. The number of rotatable bonds is 11. The number of nitriles is 1. The number of hydrogen-bond donors (Lipinski definition) is 2. The number of H-pyrrole nitrogens is 1. The third-order valence-corrected chi connectivity index (χ3v) is 4.75. The fraction of sp³-hybridized carbons (Fsp3) is 0.455. The van der Waals surface area contributed by atoms with E-state index in [2.05, 4.69) is 11.1 Å². The molecule has 0 spiro atoms. The first-order chi connectivity index (χ1) is 15.3. The second-order valence-corrected chi connectivity index (χ2v) is 7.82. The van der Waals surface area contributed by atoms with Crippen LogP contribution in [-0.2, 0) is 22.6 Å². The van der Waals surface area contributed by atoms with Crippen molar-refractivity contribution in [3.8, 4) is 6.07 Å². The molecule has 0 saturated heterocycles. The van der Waals surface area contributed by atoms with Crippen molar-refractivity contribution in [3.63, 3.8) is 0 Å². The number of carbonyl (C=O) groups is 1. The van der Waals surface area contributed by atoms with Gasteiger partial charge in [0.1, 0.15) is 5.82 Å². The number of aromatic amines is 1. The summed E-state index contributed by atoms with van der Waals surface area (Å²) in [7, 11) is 1.48. The van der Waals surface area contributed by atoms with Gasteiger partial charge in [-0.2, -0.15) is 5.26 Å². The summed E-state index contributed by atoms with van der Waals surface area (Å²) in [6.45, 7) is 4.62. The van der Waals surface area contributed by atoms with E-state index in [1.807, 2.05) is 44.2 Å². The SMILES string of the molecule is COCCN(C(=O)CN(CC#N)Cc1ccccc1)c1c(N)n(CC(C)C)c(=O)[nH]c1=O. The van der Waals surface area contributed by atoms with Crippen LogP contribution in [0.3, 0.4) is 0 Å². The lowest BCUT2D eigenvalue weighted by atomic mass is 10.2. The molecule has 0 unspecified atom stereocenters. The third-order valence-electron chi connectivity index (χ3n) is 4.75. The Morgan fingerprint density at radius 2 is 1.97 bits per heavy atom. The molecule has 2 rings (SSSR count). The van der Waals surface area contributed by atoms with E-state index in [0.29, 0.717) is 6.54 Å². The van der Waals surface area contributed by atoms with Gasteiger partial charge in [-0.3, -0.25) is 24.0 Å². The summed E-state index contributed by atoms with van der Waals surface area (Å²) in [6, 6.07) is 11.5. The van der Waals surface area contributed by atoms with Crippen molar-refractivity contribution < 1.29 is 9.53 Å². The highest BCUT2D eigenvalue weighted by Gasteiger charge is 2.26. The van der Waals surface area contributed by atoms with Crippen LogP contribution in [0.4, 0.5) is 11.5 Å². The second-order valence-electron chi connectivity index (χ2n) is 7.82. The summed E-state index contributed by atoms with van der Waals surface area (Å²) < 4.78 is 6.36. The number of nitrogen functional groups attached to an aromatic ring is 1. The molecule has 1 aromatic heterocycles. The molecule has 0 bridgehead atoms. The molecule has 3 N–H and O–H groups in total. The van der Waals surface area contributed by atoms with Gasteiger partial charge in [0.2, 0.25) is 5.91 Å². The minimum Gasteiger partial charge on any atom is -0.383 e. The molecule has 0 radical (unpaired) electrons. The number of amides is 1. The first-order valence-electron chi connectivity index (χ1n) is 10.3. The van der Waals surface area contributed by atoms with Crippen molar-refractivity contribution in [2.75, 3.05) is 44.0 Å². The maximum atomic E-state index is 13.3. The molecule has 0 aliphatic carbocycles. The number of anilines is 2. The number of methoxy groups -OCH3 is 1. The summed E-state index contributed by atoms with van der Waals surface area (Å²) in [4.78, 5) is 43.4. The predicted octanol–water partition coefficient (Wildman–Crippen LogP) is 0.780. The molecule has 1 heterocycles. The highest BCUT2D eigenvalue weighted by Crippen LogP contribution is 2.18. The van der Waals surface area contributed by atoms with Crippen LogP contribution in [0.1, 0.15) is 19.4 Å². The average molecular weight is 443 g/mol. The van der Waals surface area contributed by atoms with Crippen LogP contribution in [0.5, 0.6) is 0 Å². The second kappa shape index (κ2) is 11.8. The van der Waals surface area contributed by atoms with E-state index in [1.165, 1.54) is 16.6 Å². The Balaban J connectivity index is 2.40. The van der Waals surface area contributed by atoms with Crippen LogP contribution in [0.25, 0.3) is 0 Å². The van der Waals surface area contributed by atoms with Gasteiger partial charge >= 0.3 is 5.69 Å². The molecule has 0 saturated carbocycles. The zero-order valence-electron chi connectivity index (χ0n) is 18.7. The first-order valence-corrected chi connectivity index (χ1v) is 10.3. The largest absolute Gasteiger partial charge is 0.383 e. The normalized spacial score (nSPS) is 11.0. The number of aromatic nitrogens is 2. The zero-order chi connectivity index (χ0) is 23.7. The van der Waals surface area contributed by atoms with E-state index in [-0.39, 0.29) is 50.2 Å². The van der Waals surface area contributed by atoms with E-state index in [9.17, 15) is 19.6 Å². The van der Waals surface area contributed by atoms with Crippen molar-refractivity contribution in [2.45, 2.75) is 26.9 Å². The summed E-state index contributed by atoms with van der Waals surface area (Å²) in [5, 5.41) is 9.21. The summed E-state index contributed by atoms with van der Waals surface area (Å²) in [6.07, 6.45) is 0. The van der Waals surface area contributed by atoms with E-state index in [0.717, 1.165) is 5.56 Å². The van der Waals surface area contributed by atoms with Crippen molar-refractivity contribution in [1.29, 1.82) is 5.26 Å². The summed E-state index contributed by atoms with van der Waals surface area (Å²) in [5.41, 5.74) is 5.68. The molecule has 0 fully saturated rings. The Morgan fingerprint density at radius 1 is 1.28 bits per heavy atom. The van der Waals surface area contributed by atoms with Crippen molar-refractivity contribution >= 4 is 17.4 Å². The van der Waals surface area contributed by atoms with Gasteiger partial charge in [-0.05, 0) is 11.5 Å². The van der Waals surface area contributed by atoms with Gasteiger partial charge in [-0.15, -0.1) is 0 Å². The van der Waals surface area contributed by atoms with Crippen LogP contribution >= 0.6 is 0 Å². The standard InChI is InChI=1S/C22H30N6O4/c1-16(2)13-28-20(24)19(21(30)25-22(28)31)27(11-12-32-3)18(29)15-26(10-9-23)14-17-7-5-4-6-8-17/h4-8,16H,10-15,24H2,1-3H3,(H,25,30,31). The van der Waals surface area contributed by atoms with Crippen LogP contribution in [-0.4, -0.2) is 53.7 Å². The Kier molecular flexibility index (Phi) is 9.19. The number of nitrogens with two attached hydrogens (primary N) is 1. The van der Waals surface area contributed by atoms with E-state index >= 15 is 0 Å². The molecule has 2 aromatic rings. The maximum Gasteiger partial charge on any atom is 0.330 e. The van der Waals surface area contributed by atoms with Gasteiger partial charge in [0.25, 0.3) is 5.56 Å². The third kappa shape index (κ3) is 6.54. The Bertz CT molecular complexity index is 1050. The lowest BCUT2D eigenvalue weighted by Gasteiger charge is -2.27. The minimum atomic E-state index is -0.744. The first kappa shape index (κ1) is 24.8. The van der Waals surface area contributed by atoms with Crippen LogP contribution in [0.2, 0.25) is 0 Å². The molecule has 10 nitrogen and oxygen atoms in total. The number of benzene rings is 1. The van der Waals surface area contributed by atoms with Crippen LogP contribution < -0.4 is 21.9 Å². The number of ether oxygens (including phenoxy) is 1. The van der Waals surface area contributed by atoms with Gasteiger partial charge in [-0.25, -0.2) is 4.79 Å². The van der Waals surface area contributed by atoms with Gasteiger partial charge in [0.15, 0.2) is 5.69 Å². The topological polar surface area (TPSA) is 137 Å². The molecule has 172 valence electrons. The van der Waals surface area contributed by atoms with E-state index < -0.39 is 17.2 Å². The number of nitrogens with one attached hydrogen (secondary N) is 1. The van der Waals surface area contributed by atoms with Crippen LogP contribution in [0.15, 0.2) is 39.9 Å². The Morgan fingerprint density at radius 3 is 2.56 bits per heavy atom. The number of hydrogen-bond acceptors (Lipinski definition) is 7. The van der Waals surface area contributed by atoms with E-state index in [4.69, 9.17) is 10.5 Å². The zero-order valence-corrected chi connectivity index (χ0v) is 18.7. The lowest BCUT2D eigenvalue weighted by molar-refractivity contribution is -0.119. The van der Waals surface area contributed by atoms with Gasteiger partial charge < -0.3 is 15.4 Å². The Labute approximate surface area is 186 Å². The average Bonchev–Trinajstić information content (AvgIpc) is 2.74. The van der Waals surface area contributed by atoms with Gasteiger partial charge in [0, 0.05) is 26.7 Å². The molecule has 1 aromatic carbocycles. The lowest BCUT2D eigenvalue weighted by Crippen LogP contribution is -2.46. The summed E-state index contributed by atoms with van der Waals surface area (Å²) >= 11 is 0. The molecular formula is C22H30N6O4. The van der Waals surface area contributed by atoms with Crippen LogP contribution in [0, 0.1) is 17.2 Å². The van der Waals surface area contributed by atoms with E-state index in [1.54, 1.807) is 4.90 Å². The summed E-state index contributed by atoms with van der Waals surface area (Å²) in [5.74, 6) is -0.416. The smallest absolute Gasteiger partial charge is 0.330 e. The Hall–Kier alpha value is -3.42. The highest BCUT2D eigenvalue weighted by molar-refractivity contribution is 5.96. The molecule has 32 heavy (non-hydrogen) atoms. The highest BCUT2D eigenvalue weighted by atomic mass is 16.5.